The van der Waals surface area contributed by atoms with Crippen LogP contribution in [0.25, 0.3) is 16.6 Å². The van der Waals surface area contributed by atoms with Crippen LogP contribution in [0.5, 0.6) is 0 Å². The van der Waals surface area contributed by atoms with Crippen molar-refractivity contribution in [3.05, 3.63) is 54.4 Å². The van der Waals surface area contributed by atoms with Gasteiger partial charge >= 0.3 is 6.03 Å². The molecule has 0 radical (unpaired) electrons. The third-order valence-corrected chi connectivity index (χ3v) is 8.35. The number of hydrogen-bond acceptors (Lipinski definition) is 4. The van der Waals surface area contributed by atoms with Crippen molar-refractivity contribution in [3.8, 4) is 11.1 Å². The Labute approximate surface area is 221 Å². The molecule has 0 spiro atoms. The Kier molecular flexibility index (Phi) is 7.17. The van der Waals surface area contributed by atoms with E-state index in [1.807, 2.05) is 29.5 Å². The molecular formula is C30H42N6O. The minimum Gasteiger partial charge on any atom is -0.366 e. The van der Waals surface area contributed by atoms with Crippen LogP contribution in [0, 0.1) is 0 Å². The molecule has 198 valence electrons. The van der Waals surface area contributed by atoms with Crippen LogP contribution in [0.2, 0.25) is 0 Å². The van der Waals surface area contributed by atoms with Crippen LogP contribution in [0.3, 0.4) is 0 Å². The maximum Gasteiger partial charge on any atom is 0.317 e. The first kappa shape index (κ1) is 25.6. The predicted molar refractivity (Wildman–Crippen MR) is 151 cm³/mol. The molecule has 1 N–H and O–H groups in total. The van der Waals surface area contributed by atoms with Gasteiger partial charge in [-0.1, -0.05) is 31.2 Å². The minimum atomic E-state index is 0.0299. The number of rotatable bonds is 5. The predicted octanol–water partition coefficient (Wildman–Crippen LogP) is 5.00. The van der Waals surface area contributed by atoms with Crippen molar-refractivity contribution >= 4 is 17.2 Å². The van der Waals surface area contributed by atoms with Crippen molar-refractivity contribution in [2.45, 2.75) is 65.0 Å². The van der Waals surface area contributed by atoms with E-state index >= 15 is 0 Å². The van der Waals surface area contributed by atoms with Crippen LogP contribution in [-0.2, 0) is 5.41 Å². The standard InChI is InChI=1S/C30H42N6O/c1-22(2)32-29(37)35-18-16-34(17-19-35)27-10-13-31-36-21-25(20-28(27)36)24-6-8-26(9-7-24)30(5)11-14-33(15-12-30)23(3)4/h6-10,13,20-23H,11-12,14-19H2,1-5H3,(H,32,37). The lowest BCUT2D eigenvalue weighted by atomic mass is 9.74. The summed E-state index contributed by atoms with van der Waals surface area (Å²) >= 11 is 0. The van der Waals surface area contributed by atoms with E-state index in [-0.39, 0.29) is 17.5 Å². The Hall–Kier alpha value is -3.06. The van der Waals surface area contributed by atoms with Crippen LogP contribution < -0.4 is 10.2 Å². The molecule has 5 rings (SSSR count). The van der Waals surface area contributed by atoms with Gasteiger partial charge in [0.05, 0.1) is 11.2 Å². The largest absolute Gasteiger partial charge is 0.366 e. The van der Waals surface area contributed by atoms with Gasteiger partial charge in [-0.2, -0.15) is 5.10 Å². The Balaban J connectivity index is 1.30. The Morgan fingerprint density at radius 3 is 2.22 bits per heavy atom. The number of carbonyl (C=O) groups is 1. The van der Waals surface area contributed by atoms with Gasteiger partial charge in [0.2, 0.25) is 0 Å². The van der Waals surface area contributed by atoms with Crippen molar-refractivity contribution in [2.24, 2.45) is 0 Å². The monoisotopic (exact) mass is 502 g/mol. The molecule has 1 aromatic carbocycles. The number of amides is 2. The second-order valence-electron chi connectivity index (χ2n) is 11.6. The number of urea groups is 1. The highest BCUT2D eigenvalue weighted by molar-refractivity contribution is 5.80. The number of hydrogen-bond donors (Lipinski definition) is 1. The number of aromatic nitrogens is 2. The zero-order valence-corrected chi connectivity index (χ0v) is 23.1. The van der Waals surface area contributed by atoms with Crippen LogP contribution in [0.15, 0.2) is 48.8 Å². The number of nitrogens with one attached hydrogen (secondary N) is 1. The van der Waals surface area contributed by atoms with Crippen molar-refractivity contribution in [2.75, 3.05) is 44.2 Å². The van der Waals surface area contributed by atoms with E-state index < -0.39 is 0 Å². The first-order valence-corrected chi connectivity index (χ1v) is 13.9. The molecule has 2 saturated heterocycles. The van der Waals surface area contributed by atoms with E-state index in [4.69, 9.17) is 0 Å². The van der Waals surface area contributed by atoms with E-state index in [0.29, 0.717) is 6.04 Å². The number of likely N-dealkylation sites (tertiary alicyclic amines) is 1. The molecule has 3 aromatic rings. The van der Waals surface area contributed by atoms with Crippen LogP contribution in [0.4, 0.5) is 10.5 Å². The summed E-state index contributed by atoms with van der Waals surface area (Å²) in [4.78, 5) is 19.3. The molecule has 2 aromatic heterocycles. The third-order valence-electron chi connectivity index (χ3n) is 8.35. The lowest BCUT2D eigenvalue weighted by Crippen LogP contribution is -2.53. The summed E-state index contributed by atoms with van der Waals surface area (Å²) in [7, 11) is 0. The molecule has 37 heavy (non-hydrogen) atoms. The maximum absolute atomic E-state index is 12.4. The highest BCUT2D eigenvalue weighted by Crippen LogP contribution is 2.37. The first-order chi connectivity index (χ1) is 17.7. The number of piperidine rings is 1. The zero-order valence-electron chi connectivity index (χ0n) is 23.1. The van der Waals surface area contributed by atoms with Crippen molar-refractivity contribution in [1.29, 1.82) is 0 Å². The smallest absolute Gasteiger partial charge is 0.317 e. The number of anilines is 1. The fraction of sp³-hybridized carbons (Fsp3) is 0.533. The molecule has 2 fully saturated rings. The fourth-order valence-electron chi connectivity index (χ4n) is 5.80. The van der Waals surface area contributed by atoms with Gasteiger partial charge in [0, 0.05) is 56.2 Å². The van der Waals surface area contributed by atoms with Gasteiger partial charge in [-0.05, 0) is 82.3 Å². The van der Waals surface area contributed by atoms with Crippen molar-refractivity contribution < 1.29 is 4.79 Å². The van der Waals surface area contributed by atoms with Gasteiger partial charge in [0.1, 0.15) is 0 Å². The van der Waals surface area contributed by atoms with Gasteiger partial charge in [-0.3, -0.25) is 0 Å². The zero-order chi connectivity index (χ0) is 26.2. The summed E-state index contributed by atoms with van der Waals surface area (Å²) in [5.41, 5.74) is 6.38. The molecule has 2 aliphatic rings. The topological polar surface area (TPSA) is 56.1 Å². The van der Waals surface area contributed by atoms with Crippen LogP contribution >= 0.6 is 0 Å². The summed E-state index contributed by atoms with van der Waals surface area (Å²) in [6, 6.07) is 14.4. The summed E-state index contributed by atoms with van der Waals surface area (Å²) in [5.74, 6) is 0. The average Bonchev–Trinajstić information content (AvgIpc) is 3.33. The Morgan fingerprint density at radius 2 is 1.59 bits per heavy atom. The summed E-state index contributed by atoms with van der Waals surface area (Å²) in [5, 5.41) is 7.60. The first-order valence-electron chi connectivity index (χ1n) is 13.9. The van der Waals surface area contributed by atoms with Gasteiger partial charge in [0.15, 0.2) is 0 Å². The molecule has 0 aliphatic carbocycles. The van der Waals surface area contributed by atoms with Crippen LogP contribution in [-0.4, -0.2) is 76.8 Å². The lowest BCUT2D eigenvalue weighted by molar-refractivity contribution is 0.137. The van der Waals surface area contributed by atoms with E-state index in [0.717, 1.165) is 31.7 Å². The van der Waals surface area contributed by atoms with Gasteiger partial charge in [-0.25, -0.2) is 9.31 Å². The molecule has 4 heterocycles. The molecule has 0 saturated carbocycles. The normalized spacial score (nSPS) is 18.7. The molecule has 0 bridgehead atoms. The molecular weight excluding hydrogens is 460 g/mol. The molecule has 0 atom stereocenters. The summed E-state index contributed by atoms with van der Waals surface area (Å²) in [6.07, 6.45) is 6.42. The van der Waals surface area contributed by atoms with Gasteiger partial charge in [-0.15, -0.1) is 0 Å². The molecule has 2 amide bonds. The Bertz CT molecular complexity index is 1210. The highest BCUT2D eigenvalue weighted by atomic mass is 16.2. The number of carbonyl (C=O) groups excluding carboxylic acids is 1. The maximum atomic E-state index is 12.4. The number of nitrogens with zero attached hydrogens (tertiary/aromatic N) is 5. The van der Waals surface area contributed by atoms with Crippen LogP contribution in [0.1, 0.15) is 53.0 Å². The second-order valence-corrected chi connectivity index (χ2v) is 11.6. The van der Waals surface area contributed by atoms with E-state index in [2.05, 4.69) is 83.6 Å². The molecule has 2 aliphatic heterocycles. The average molecular weight is 503 g/mol. The van der Waals surface area contributed by atoms with E-state index in [1.54, 1.807) is 0 Å². The SMILES string of the molecule is CC(C)NC(=O)N1CCN(c2ccnn3cc(-c4ccc(C5(C)CCN(C(C)C)CC5)cc4)cc23)CC1. The number of benzene rings is 1. The fourth-order valence-corrected chi connectivity index (χ4v) is 5.80. The molecule has 7 heteroatoms. The number of fused-ring (bicyclic) bond motifs is 1. The van der Waals surface area contributed by atoms with Crippen molar-refractivity contribution in [3.63, 3.8) is 0 Å². The van der Waals surface area contributed by atoms with Gasteiger partial charge < -0.3 is 20.0 Å². The molecule has 7 nitrogen and oxygen atoms in total. The van der Waals surface area contributed by atoms with Crippen molar-refractivity contribution in [1.82, 2.24) is 24.7 Å². The highest BCUT2D eigenvalue weighted by Gasteiger charge is 2.32. The minimum absolute atomic E-state index is 0.0299. The summed E-state index contributed by atoms with van der Waals surface area (Å²) in [6.45, 7) is 16.4. The summed E-state index contributed by atoms with van der Waals surface area (Å²) < 4.78 is 1.99. The lowest BCUT2D eigenvalue weighted by Gasteiger charge is -2.41. The Morgan fingerprint density at radius 1 is 0.919 bits per heavy atom. The molecule has 0 unspecified atom stereocenters. The second kappa shape index (κ2) is 10.4. The van der Waals surface area contributed by atoms with Gasteiger partial charge in [0.25, 0.3) is 0 Å². The number of piperazine rings is 1. The quantitative estimate of drug-likeness (QED) is 0.533. The van der Waals surface area contributed by atoms with E-state index in [1.165, 1.54) is 48.3 Å². The third kappa shape index (κ3) is 5.33. The van der Waals surface area contributed by atoms with E-state index in [9.17, 15) is 4.79 Å².